The molecule has 0 N–H and O–H groups in total. The van der Waals surface area contributed by atoms with Crippen LogP contribution in [-0.2, 0) is 11.3 Å². The summed E-state index contributed by atoms with van der Waals surface area (Å²) >= 11 is 13.8. The van der Waals surface area contributed by atoms with Gasteiger partial charge in [-0.1, -0.05) is 66.7 Å². The van der Waals surface area contributed by atoms with Gasteiger partial charge in [-0.15, -0.1) is 12.4 Å². The first-order valence-electron chi connectivity index (χ1n) is 9.17. The van der Waals surface area contributed by atoms with Crippen molar-refractivity contribution in [2.45, 2.75) is 57.3 Å². The normalized spacial score (nSPS) is 22.4. The van der Waals surface area contributed by atoms with E-state index in [0.717, 1.165) is 22.9 Å². The van der Waals surface area contributed by atoms with Crippen LogP contribution in [0.25, 0.3) is 0 Å². The smallest absolute Gasteiger partial charge is 0.211 e. The Hall–Kier alpha value is -0.620. The van der Waals surface area contributed by atoms with Crippen LogP contribution in [0.15, 0.2) is 23.2 Å². The van der Waals surface area contributed by atoms with Gasteiger partial charge in [-0.2, -0.15) is 0 Å². The molecule has 1 aromatic rings. The Bertz CT molecular complexity index is 666. The van der Waals surface area contributed by atoms with Gasteiger partial charge >= 0.3 is 0 Å². The SMILES string of the molecule is CN1C(=NC2CCCCCC2)SCC1N(C=O)Cc1ccc(Cl)c(Cl)c1.Cl. The minimum absolute atomic E-state index is 0. The van der Waals surface area contributed by atoms with Crippen LogP contribution in [0.2, 0.25) is 10.0 Å². The third kappa shape index (κ3) is 5.93. The quantitative estimate of drug-likeness (QED) is 0.441. The lowest BCUT2D eigenvalue weighted by Crippen LogP contribution is -2.44. The lowest BCUT2D eigenvalue weighted by atomic mass is 10.1. The Morgan fingerprint density at radius 1 is 1.22 bits per heavy atom. The predicted molar refractivity (Wildman–Crippen MR) is 118 cm³/mol. The first kappa shape index (κ1) is 22.7. The molecule has 4 nitrogen and oxygen atoms in total. The molecular weight excluding hydrogens is 425 g/mol. The minimum Gasteiger partial charge on any atom is -0.333 e. The van der Waals surface area contributed by atoms with Crippen molar-refractivity contribution < 1.29 is 4.79 Å². The second-order valence-corrected chi connectivity index (χ2v) is 8.79. The molecule has 3 rings (SSSR count). The Labute approximate surface area is 182 Å². The molecule has 0 bridgehead atoms. The van der Waals surface area contributed by atoms with Gasteiger partial charge in [0.2, 0.25) is 6.41 Å². The molecule has 2 fully saturated rings. The lowest BCUT2D eigenvalue weighted by Gasteiger charge is -2.30. The molecule has 2 aliphatic rings. The number of halogens is 3. The van der Waals surface area contributed by atoms with Gasteiger partial charge < -0.3 is 9.80 Å². The van der Waals surface area contributed by atoms with Crippen LogP contribution in [0, 0.1) is 0 Å². The highest BCUT2D eigenvalue weighted by Gasteiger charge is 2.32. The molecule has 1 atom stereocenters. The fraction of sp³-hybridized carbons (Fsp3) is 0.579. The van der Waals surface area contributed by atoms with E-state index >= 15 is 0 Å². The van der Waals surface area contributed by atoms with Crippen molar-refractivity contribution >= 4 is 58.9 Å². The van der Waals surface area contributed by atoms with Gasteiger partial charge in [0.1, 0.15) is 6.17 Å². The summed E-state index contributed by atoms with van der Waals surface area (Å²) < 4.78 is 0. The number of aliphatic imine (C=N–C) groups is 1. The number of hydrogen-bond donors (Lipinski definition) is 0. The van der Waals surface area contributed by atoms with Crippen molar-refractivity contribution in [2.24, 2.45) is 4.99 Å². The van der Waals surface area contributed by atoms with Crippen molar-refractivity contribution in [3.8, 4) is 0 Å². The summed E-state index contributed by atoms with van der Waals surface area (Å²) in [7, 11) is 2.03. The molecule has 1 saturated heterocycles. The third-order valence-corrected chi connectivity index (χ3v) is 6.95. The monoisotopic (exact) mass is 449 g/mol. The summed E-state index contributed by atoms with van der Waals surface area (Å²) in [6.45, 7) is 0.507. The number of carbonyl (C=O) groups excluding carboxylic acids is 1. The fourth-order valence-electron chi connectivity index (χ4n) is 3.54. The maximum atomic E-state index is 11.7. The van der Waals surface area contributed by atoms with Crippen LogP contribution >= 0.6 is 47.4 Å². The number of hydrogen-bond acceptors (Lipinski definition) is 3. The summed E-state index contributed by atoms with van der Waals surface area (Å²) in [4.78, 5) is 20.7. The summed E-state index contributed by atoms with van der Waals surface area (Å²) in [5, 5.41) is 2.10. The second-order valence-electron chi connectivity index (χ2n) is 6.99. The maximum Gasteiger partial charge on any atom is 0.211 e. The van der Waals surface area contributed by atoms with Crippen LogP contribution in [-0.4, -0.2) is 46.4 Å². The number of rotatable bonds is 5. The first-order chi connectivity index (χ1) is 12.6. The van der Waals surface area contributed by atoms with E-state index in [2.05, 4.69) is 4.90 Å². The zero-order chi connectivity index (χ0) is 18.5. The third-order valence-electron chi connectivity index (χ3n) is 5.10. The Morgan fingerprint density at radius 3 is 2.56 bits per heavy atom. The van der Waals surface area contributed by atoms with Gasteiger partial charge in [0.15, 0.2) is 5.17 Å². The van der Waals surface area contributed by atoms with Crippen LogP contribution in [0.4, 0.5) is 0 Å². The minimum atomic E-state index is 0. The molecule has 1 saturated carbocycles. The highest BCUT2D eigenvalue weighted by molar-refractivity contribution is 8.14. The Morgan fingerprint density at radius 2 is 1.93 bits per heavy atom. The van der Waals surface area contributed by atoms with Gasteiger partial charge in [0, 0.05) is 19.3 Å². The zero-order valence-electron chi connectivity index (χ0n) is 15.4. The Balaban J connectivity index is 0.00000261. The van der Waals surface area contributed by atoms with E-state index in [1.807, 2.05) is 24.1 Å². The summed E-state index contributed by atoms with van der Waals surface area (Å²) in [6, 6.07) is 5.94. The number of thioether (sulfide) groups is 1. The lowest BCUT2D eigenvalue weighted by molar-refractivity contribution is -0.122. The largest absolute Gasteiger partial charge is 0.333 e. The molecule has 150 valence electrons. The van der Waals surface area contributed by atoms with Gasteiger partial charge in [-0.25, -0.2) is 0 Å². The number of amidine groups is 1. The molecule has 0 spiro atoms. The second kappa shape index (κ2) is 10.8. The van der Waals surface area contributed by atoms with Crippen molar-refractivity contribution in [1.29, 1.82) is 0 Å². The van der Waals surface area contributed by atoms with E-state index in [-0.39, 0.29) is 18.6 Å². The van der Waals surface area contributed by atoms with E-state index in [4.69, 9.17) is 28.2 Å². The molecule has 1 aromatic carbocycles. The molecular formula is C19H26Cl3N3OS. The number of nitrogens with zero attached hydrogens (tertiary/aromatic N) is 3. The average Bonchev–Trinajstić information content (AvgIpc) is 2.84. The molecule has 0 radical (unpaired) electrons. The molecule has 1 unspecified atom stereocenters. The maximum absolute atomic E-state index is 11.7. The fourth-order valence-corrected chi connectivity index (χ4v) is 5.12. The zero-order valence-corrected chi connectivity index (χ0v) is 18.6. The van der Waals surface area contributed by atoms with Gasteiger partial charge in [0.05, 0.1) is 16.1 Å². The van der Waals surface area contributed by atoms with E-state index < -0.39 is 0 Å². The van der Waals surface area contributed by atoms with Crippen molar-refractivity contribution in [3.63, 3.8) is 0 Å². The standard InChI is InChI=1S/C19H25Cl2N3OS.ClH/c1-23-18(12-26-19(23)22-15-6-4-2-3-5-7-15)24(13-25)11-14-8-9-16(20)17(21)10-14;/h8-10,13,15,18H,2-7,11-12H2,1H3;1H. The summed E-state index contributed by atoms with van der Waals surface area (Å²) in [5.41, 5.74) is 0.971. The molecule has 1 amide bonds. The van der Waals surface area contributed by atoms with Crippen molar-refractivity contribution in [1.82, 2.24) is 9.80 Å². The first-order valence-corrected chi connectivity index (χ1v) is 10.9. The van der Waals surface area contributed by atoms with Crippen LogP contribution in [0.1, 0.15) is 44.1 Å². The molecule has 8 heteroatoms. The molecule has 1 aliphatic carbocycles. The molecule has 27 heavy (non-hydrogen) atoms. The van der Waals surface area contributed by atoms with Crippen molar-refractivity contribution in [2.75, 3.05) is 12.8 Å². The van der Waals surface area contributed by atoms with E-state index in [1.165, 1.54) is 38.5 Å². The topological polar surface area (TPSA) is 35.9 Å². The van der Waals surface area contributed by atoms with Crippen LogP contribution in [0.5, 0.6) is 0 Å². The van der Waals surface area contributed by atoms with Crippen molar-refractivity contribution in [3.05, 3.63) is 33.8 Å². The molecule has 1 heterocycles. The highest BCUT2D eigenvalue weighted by atomic mass is 35.5. The number of amides is 1. The van der Waals surface area contributed by atoms with E-state index in [1.54, 1.807) is 17.8 Å². The van der Waals surface area contributed by atoms with Gasteiger partial charge in [0.25, 0.3) is 0 Å². The van der Waals surface area contributed by atoms with Gasteiger partial charge in [-0.05, 0) is 30.5 Å². The summed E-state index contributed by atoms with van der Waals surface area (Å²) in [6.07, 6.45) is 8.50. The average molecular weight is 451 g/mol. The van der Waals surface area contributed by atoms with Crippen LogP contribution < -0.4 is 0 Å². The predicted octanol–water partition coefficient (Wildman–Crippen LogP) is 5.46. The van der Waals surface area contributed by atoms with E-state index in [0.29, 0.717) is 22.6 Å². The van der Waals surface area contributed by atoms with Crippen LogP contribution in [0.3, 0.4) is 0 Å². The van der Waals surface area contributed by atoms with E-state index in [9.17, 15) is 4.79 Å². The summed E-state index contributed by atoms with van der Waals surface area (Å²) in [5.74, 6) is 0.835. The molecule has 0 aromatic heterocycles. The number of carbonyl (C=O) groups is 1. The Kier molecular flexibility index (Phi) is 9.06. The highest BCUT2D eigenvalue weighted by Crippen LogP contribution is 2.29. The van der Waals surface area contributed by atoms with Gasteiger partial charge in [-0.3, -0.25) is 9.79 Å². The molecule has 1 aliphatic heterocycles. The number of benzene rings is 1.